The molecule has 0 radical (unpaired) electrons. The van der Waals surface area contributed by atoms with Gasteiger partial charge in [-0.2, -0.15) is 0 Å². The molecule has 0 aliphatic carbocycles. The predicted molar refractivity (Wildman–Crippen MR) is 92.3 cm³/mol. The molecule has 21 heavy (non-hydrogen) atoms. The van der Waals surface area contributed by atoms with E-state index in [0.29, 0.717) is 5.69 Å². The first kappa shape index (κ1) is 14.2. The SMILES string of the molecule is Cc1c(N)cnc(Nc2ccc(N3CCCC3)cc2)c1Br. The number of pyridine rings is 1. The highest BCUT2D eigenvalue weighted by atomic mass is 79.9. The Morgan fingerprint density at radius 2 is 1.86 bits per heavy atom. The van der Waals surface area contributed by atoms with E-state index < -0.39 is 0 Å². The second-order valence-electron chi connectivity index (χ2n) is 5.37. The van der Waals surface area contributed by atoms with Gasteiger partial charge in [0.2, 0.25) is 0 Å². The van der Waals surface area contributed by atoms with Crippen molar-refractivity contribution >= 4 is 38.8 Å². The molecule has 3 N–H and O–H groups in total. The number of aromatic nitrogens is 1. The number of nitrogen functional groups attached to an aromatic ring is 1. The monoisotopic (exact) mass is 346 g/mol. The number of hydrogen-bond acceptors (Lipinski definition) is 4. The van der Waals surface area contributed by atoms with E-state index in [-0.39, 0.29) is 0 Å². The lowest BCUT2D eigenvalue weighted by Gasteiger charge is -2.18. The Morgan fingerprint density at radius 3 is 2.52 bits per heavy atom. The Morgan fingerprint density at radius 1 is 1.19 bits per heavy atom. The highest BCUT2D eigenvalue weighted by Gasteiger charge is 2.12. The molecule has 1 aliphatic rings. The van der Waals surface area contributed by atoms with Crippen LogP contribution in [0.2, 0.25) is 0 Å². The van der Waals surface area contributed by atoms with Crippen molar-refractivity contribution in [3.05, 3.63) is 40.5 Å². The predicted octanol–water partition coefficient (Wildman–Crippen LogP) is 4.08. The van der Waals surface area contributed by atoms with Crippen molar-refractivity contribution in [3.63, 3.8) is 0 Å². The van der Waals surface area contributed by atoms with Crippen molar-refractivity contribution in [1.82, 2.24) is 4.98 Å². The van der Waals surface area contributed by atoms with Gasteiger partial charge in [-0.25, -0.2) is 4.98 Å². The number of rotatable bonds is 3. The van der Waals surface area contributed by atoms with Crippen LogP contribution in [0.3, 0.4) is 0 Å². The summed E-state index contributed by atoms with van der Waals surface area (Å²) in [6, 6.07) is 8.50. The first-order valence-electron chi connectivity index (χ1n) is 7.18. The summed E-state index contributed by atoms with van der Waals surface area (Å²) in [5.41, 5.74) is 9.85. The van der Waals surface area contributed by atoms with E-state index in [9.17, 15) is 0 Å². The van der Waals surface area contributed by atoms with Crippen LogP contribution in [0.15, 0.2) is 34.9 Å². The number of hydrogen-bond donors (Lipinski definition) is 2. The summed E-state index contributed by atoms with van der Waals surface area (Å²) in [6.45, 7) is 4.30. The lowest BCUT2D eigenvalue weighted by atomic mass is 10.2. The van der Waals surface area contributed by atoms with Crippen LogP contribution in [-0.4, -0.2) is 18.1 Å². The molecule has 1 saturated heterocycles. The fourth-order valence-corrected chi connectivity index (χ4v) is 2.98. The van der Waals surface area contributed by atoms with Crippen LogP contribution >= 0.6 is 15.9 Å². The minimum atomic E-state index is 0.691. The first-order valence-corrected chi connectivity index (χ1v) is 7.97. The van der Waals surface area contributed by atoms with Crippen molar-refractivity contribution in [3.8, 4) is 0 Å². The van der Waals surface area contributed by atoms with E-state index >= 15 is 0 Å². The van der Waals surface area contributed by atoms with E-state index in [1.54, 1.807) is 6.20 Å². The maximum atomic E-state index is 5.85. The van der Waals surface area contributed by atoms with E-state index in [4.69, 9.17) is 5.73 Å². The minimum Gasteiger partial charge on any atom is -0.397 e. The largest absolute Gasteiger partial charge is 0.397 e. The molecular weight excluding hydrogens is 328 g/mol. The standard InChI is InChI=1S/C16H19BrN4/c1-11-14(18)10-19-16(15(11)17)20-12-4-6-13(7-5-12)21-8-2-3-9-21/h4-7,10H,2-3,8-9,18H2,1H3,(H,19,20). The number of anilines is 4. The third-order valence-corrected chi connectivity index (χ3v) is 4.87. The van der Waals surface area contributed by atoms with Gasteiger partial charge in [0.25, 0.3) is 0 Å². The molecule has 110 valence electrons. The van der Waals surface area contributed by atoms with Gasteiger partial charge < -0.3 is 16.0 Å². The number of nitrogens with two attached hydrogens (primary N) is 1. The van der Waals surface area contributed by atoms with Crippen LogP contribution in [0, 0.1) is 6.92 Å². The molecule has 0 amide bonds. The molecule has 0 bridgehead atoms. The van der Waals surface area contributed by atoms with Crippen LogP contribution in [-0.2, 0) is 0 Å². The molecule has 1 aliphatic heterocycles. The number of nitrogens with one attached hydrogen (secondary N) is 1. The second kappa shape index (κ2) is 5.93. The summed E-state index contributed by atoms with van der Waals surface area (Å²) in [7, 11) is 0. The van der Waals surface area contributed by atoms with E-state index in [2.05, 4.69) is 55.4 Å². The maximum Gasteiger partial charge on any atom is 0.145 e. The average Bonchev–Trinajstić information content (AvgIpc) is 3.03. The molecule has 0 saturated carbocycles. The molecule has 1 aromatic carbocycles. The molecule has 5 heteroatoms. The summed E-state index contributed by atoms with van der Waals surface area (Å²) >= 11 is 3.54. The van der Waals surface area contributed by atoms with Crippen molar-refractivity contribution in [2.75, 3.05) is 29.0 Å². The van der Waals surface area contributed by atoms with E-state index in [0.717, 1.165) is 34.6 Å². The van der Waals surface area contributed by atoms with Gasteiger partial charge in [-0.1, -0.05) is 0 Å². The maximum absolute atomic E-state index is 5.85. The topological polar surface area (TPSA) is 54.2 Å². The summed E-state index contributed by atoms with van der Waals surface area (Å²) in [6.07, 6.45) is 4.27. The van der Waals surface area contributed by atoms with Gasteiger partial charge >= 0.3 is 0 Å². The Hall–Kier alpha value is -1.75. The molecular formula is C16H19BrN4. The zero-order chi connectivity index (χ0) is 14.8. The van der Waals surface area contributed by atoms with Crippen molar-refractivity contribution in [1.29, 1.82) is 0 Å². The summed E-state index contributed by atoms with van der Waals surface area (Å²) in [5.74, 6) is 0.788. The molecule has 2 heterocycles. The molecule has 1 fully saturated rings. The average molecular weight is 347 g/mol. The highest BCUT2D eigenvalue weighted by Crippen LogP contribution is 2.30. The lowest BCUT2D eigenvalue weighted by Crippen LogP contribution is -2.17. The molecule has 1 aromatic heterocycles. The lowest BCUT2D eigenvalue weighted by molar-refractivity contribution is 0.949. The fourth-order valence-electron chi connectivity index (χ4n) is 2.55. The van der Waals surface area contributed by atoms with Gasteiger partial charge in [0, 0.05) is 24.5 Å². The highest BCUT2D eigenvalue weighted by molar-refractivity contribution is 9.10. The quantitative estimate of drug-likeness (QED) is 0.879. The van der Waals surface area contributed by atoms with E-state index in [1.807, 2.05) is 6.92 Å². The Labute approximate surface area is 133 Å². The van der Waals surface area contributed by atoms with Gasteiger partial charge in [0.15, 0.2) is 0 Å². The van der Waals surface area contributed by atoms with Crippen molar-refractivity contribution < 1.29 is 0 Å². The number of halogens is 1. The van der Waals surface area contributed by atoms with Crippen molar-refractivity contribution in [2.45, 2.75) is 19.8 Å². The zero-order valence-electron chi connectivity index (χ0n) is 12.1. The molecule has 4 nitrogen and oxygen atoms in total. The van der Waals surface area contributed by atoms with Gasteiger partial charge in [0.05, 0.1) is 16.4 Å². The van der Waals surface area contributed by atoms with Gasteiger partial charge in [-0.15, -0.1) is 0 Å². The third-order valence-electron chi connectivity index (χ3n) is 3.90. The Balaban J connectivity index is 1.77. The summed E-state index contributed by atoms with van der Waals surface area (Å²) in [4.78, 5) is 6.76. The minimum absolute atomic E-state index is 0.691. The molecule has 0 spiro atoms. The van der Waals surface area contributed by atoms with Crippen LogP contribution in [0.1, 0.15) is 18.4 Å². The van der Waals surface area contributed by atoms with Crippen molar-refractivity contribution in [2.24, 2.45) is 0 Å². The van der Waals surface area contributed by atoms with Gasteiger partial charge in [-0.3, -0.25) is 0 Å². The number of nitrogens with zero attached hydrogens (tertiary/aromatic N) is 2. The van der Waals surface area contributed by atoms with Crippen LogP contribution in [0.4, 0.5) is 22.9 Å². The summed E-state index contributed by atoms with van der Waals surface area (Å²) in [5, 5.41) is 3.33. The molecule has 3 rings (SSSR count). The van der Waals surface area contributed by atoms with E-state index in [1.165, 1.54) is 18.5 Å². The second-order valence-corrected chi connectivity index (χ2v) is 6.16. The fraction of sp³-hybridized carbons (Fsp3) is 0.312. The van der Waals surface area contributed by atoms with Gasteiger partial charge in [0.1, 0.15) is 5.82 Å². The normalized spacial score (nSPS) is 14.5. The molecule has 2 aromatic rings. The van der Waals surface area contributed by atoms with Crippen LogP contribution in [0.5, 0.6) is 0 Å². The smallest absolute Gasteiger partial charge is 0.145 e. The Bertz CT molecular complexity index is 633. The first-order chi connectivity index (χ1) is 10.1. The van der Waals surface area contributed by atoms with Crippen LogP contribution in [0.25, 0.3) is 0 Å². The molecule has 0 unspecified atom stereocenters. The molecule has 0 atom stereocenters. The van der Waals surface area contributed by atoms with Crippen LogP contribution < -0.4 is 16.0 Å². The third kappa shape index (κ3) is 2.97. The van der Waals surface area contributed by atoms with Gasteiger partial charge in [-0.05, 0) is 65.5 Å². The summed E-state index contributed by atoms with van der Waals surface area (Å²) < 4.78 is 0.908. The zero-order valence-corrected chi connectivity index (χ0v) is 13.7. The Kier molecular flexibility index (Phi) is 4.01. The number of benzene rings is 1.